The van der Waals surface area contributed by atoms with E-state index in [1.165, 1.54) is 11.1 Å². The highest BCUT2D eigenvalue weighted by molar-refractivity contribution is 5.67. The second kappa shape index (κ2) is 8.48. The van der Waals surface area contributed by atoms with Crippen molar-refractivity contribution >= 4 is 0 Å². The maximum Gasteiger partial charge on any atom is 0.151 e. The Kier molecular flexibility index (Phi) is 5.63. The zero-order valence-electron chi connectivity index (χ0n) is 15.2. The molecule has 1 aliphatic heterocycles. The molecule has 1 aliphatic rings. The predicted molar refractivity (Wildman–Crippen MR) is 103 cm³/mol. The molecule has 5 heteroatoms. The molecule has 3 aromatic rings. The van der Waals surface area contributed by atoms with E-state index in [0.717, 1.165) is 31.0 Å². The number of ether oxygens (including phenoxy) is 1. The van der Waals surface area contributed by atoms with E-state index in [-0.39, 0.29) is 0 Å². The molecular weight excluding hydrogens is 340 g/mol. The SMILES string of the molecule is OC(NCC1CCOC1)c1cc(Cc2ccccc2-c2ccccc2)on1. The standard InChI is InChI=1S/C22H24N2O3/c25-22(23-14-16-10-11-26-15-16)21-13-19(27-24-21)12-18-8-4-5-9-20(18)17-6-2-1-3-7-17/h1-9,13,16,22-23,25H,10-12,14-15H2. The molecule has 0 bridgehead atoms. The van der Waals surface area contributed by atoms with Gasteiger partial charge in [-0.3, -0.25) is 5.32 Å². The fraction of sp³-hybridized carbons (Fsp3) is 0.318. The summed E-state index contributed by atoms with van der Waals surface area (Å²) in [5.41, 5.74) is 4.03. The van der Waals surface area contributed by atoms with Crippen LogP contribution in [0.25, 0.3) is 11.1 Å². The first-order valence-corrected chi connectivity index (χ1v) is 9.37. The van der Waals surface area contributed by atoms with E-state index in [9.17, 15) is 5.11 Å². The van der Waals surface area contributed by atoms with Gasteiger partial charge in [-0.05, 0) is 29.0 Å². The summed E-state index contributed by atoms with van der Waals surface area (Å²) < 4.78 is 10.8. The molecule has 2 heterocycles. The minimum absolute atomic E-state index is 0.448. The monoisotopic (exact) mass is 364 g/mol. The average molecular weight is 364 g/mol. The molecule has 2 aromatic carbocycles. The molecule has 0 aliphatic carbocycles. The Balaban J connectivity index is 1.44. The second-order valence-corrected chi connectivity index (χ2v) is 6.96. The Morgan fingerprint density at radius 2 is 1.93 bits per heavy atom. The van der Waals surface area contributed by atoms with E-state index < -0.39 is 6.23 Å². The number of nitrogens with one attached hydrogen (secondary N) is 1. The molecule has 0 amide bonds. The Labute approximate surface area is 159 Å². The van der Waals surface area contributed by atoms with Crippen LogP contribution in [0.4, 0.5) is 0 Å². The lowest BCUT2D eigenvalue weighted by atomic mass is 9.97. The van der Waals surface area contributed by atoms with Gasteiger partial charge in [0.25, 0.3) is 0 Å². The van der Waals surface area contributed by atoms with Crippen molar-refractivity contribution in [3.8, 4) is 11.1 Å². The Morgan fingerprint density at radius 1 is 1.11 bits per heavy atom. The third kappa shape index (κ3) is 4.45. The third-order valence-corrected chi connectivity index (χ3v) is 4.95. The quantitative estimate of drug-likeness (QED) is 0.628. The van der Waals surface area contributed by atoms with Gasteiger partial charge in [0.05, 0.1) is 6.61 Å². The fourth-order valence-corrected chi connectivity index (χ4v) is 3.43. The molecule has 2 unspecified atom stereocenters. The maximum atomic E-state index is 10.3. The Hall–Kier alpha value is -2.47. The number of aromatic nitrogens is 1. The summed E-state index contributed by atoms with van der Waals surface area (Å²) in [5.74, 6) is 1.18. The van der Waals surface area contributed by atoms with Crippen LogP contribution in [0.3, 0.4) is 0 Å². The molecule has 2 N–H and O–H groups in total. The molecule has 1 saturated heterocycles. The van der Waals surface area contributed by atoms with Gasteiger partial charge in [0.15, 0.2) is 6.23 Å². The molecule has 0 spiro atoms. The fourth-order valence-electron chi connectivity index (χ4n) is 3.43. The van der Waals surface area contributed by atoms with E-state index >= 15 is 0 Å². The van der Waals surface area contributed by atoms with Crippen molar-refractivity contribution in [3.63, 3.8) is 0 Å². The number of benzene rings is 2. The zero-order chi connectivity index (χ0) is 18.5. The molecule has 0 saturated carbocycles. The van der Waals surface area contributed by atoms with E-state index in [2.05, 4.69) is 34.7 Å². The summed E-state index contributed by atoms with van der Waals surface area (Å²) in [6.07, 6.45) is 0.828. The lowest BCUT2D eigenvalue weighted by Gasteiger charge is -2.12. The van der Waals surface area contributed by atoms with Gasteiger partial charge in [-0.15, -0.1) is 0 Å². The number of aliphatic hydroxyl groups is 1. The van der Waals surface area contributed by atoms with Gasteiger partial charge in [0, 0.05) is 25.6 Å². The van der Waals surface area contributed by atoms with Crippen molar-refractivity contribution in [2.24, 2.45) is 5.92 Å². The van der Waals surface area contributed by atoms with Gasteiger partial charge in [0.1, 0.15) is 11.5 Å². The summed E-state index contributed by atoms with van der Waals surface area (Å²) in [5, 5.41) is 17.5. The summed E-state index contributed by atoms with van der Waals surface area (Å²) in [6.45, 7) is 2.26. The van der Waals surface area contributed by atoms with Crippen molar-refractivity contribution in [1.82, 2.24) is 10.5 Å². The van der Waals surface area contributed by atoms with Crippen LogP contribution in [0.1, 0.15) is 29.7 Å². The number of aliphatic hydroxyl groups excluding tert-OH is 1. The van der Waals surface area contributed by atoms with Gasteiger partial charge < -0.3 is 14.4 Å². The normalized spacial score (nSPS) is 17.9. The van der Waals surface area contributed by atoms with Crippen molar-refractivity contribution < 1.29 is 14.4 Å². The highest BCUT2D eigenvalue weighted by Gasteiger charge is 2.19. The van der Waals surface area contributed by atoms with Crippen LogP contribution >= 0.6 is 0 Å². The Bertz CT molecular complexity index is 857. The topological polar surface area (TPSA) is 67.5 Å². The minimum Gasteiger partial charge on any atom is -0.381 e. The summed E-state index contributed by atoms with van der Waals surface area (Å²) >= 11 is 0. The highest BCUT2D eigenvalue weighted by Crippen LogP contribution is 2.26. The van der Waals surface area contributed by atoms with Crippen molar-refractivity contribution in [1.29, 1.82) is 0 Å². The number of hydrogen-bond donors (Lipinski definition) is 2. The van der Waals surface area contributed by atoms with Crippen LogP contribution in [0, 0.1) is 5.92 Å². The molecule has 27 heavy (non-hydrogen) atoms. The first-order valence-electron chi connectivity index (χ1n) is 9.37. The van der Waals surface area contributed by atoms with Crippen LogP contribution in [-0.2, 0) is 11.2 Å². The average Bonchev–Trinajstić information content (AvgIpc) is 3.39. The van der Waals surface area contributed by atoms with Gasteiger partial charge >= 0.3 is 0 Å². The van der Waals surface area contributed by atoms with E-state index in [1.807, 2.05) is 36.4 Å². The third-order valence-electron chi connectivity index (χ3n) is 4.95. The zero-order valence-corrected chi connectivity index (χ0v) is 15.2. The highest BCUT2D eigenvalue weighted by atomic mass is 16.5. The van der Waals surface area contributed by atoms with E-state index in [0.29, 0.717) is 24.6 Å². The number of nitrogens with zero attached hydrogens (tertiary/aromatic N) is 1. The molecule has 4 rings (SSSR count). The van der Waals surface area contributed by atoms with Gasteiger partial charge in [-0.1, -0.05) is 59.8 Å². The lowest BCUT2D eigenvalue weighted by molar-refractivity contribution is 0.120. The van der Waals surface area contributed by atoms with Crippen molar-refractivity contribution in [3.05, 3.63) is 77.7 Å². The van der Waals surface area contributed by atoms with Crippen LogP contribution in [-0.4, -0.2) is 30.0 Å². The molecule has 1 fully saturated rings. The van der Waals surface area contributed by atoms with Gasteiger partial charge in [0.2, 0.25) is 0 Å². The largest absolute Gasteiger partial charge is 0.381 e. The second-order valence-electron chi connectivity index (χ2n) is 6.96. The number of hydrogen-bond acceptors (Lipinski definition) is 5. The summed E-state index contributed by atoms with van der Waals surface area (Å²) in [7, 11) is 0. The van der Waals surface area contributed by atoms with Crippen LogP contribution in [0.5, 0.6) is 0 Å². The lowest BCUT2D eigenvalue weighted by Crippen LogP contribution is -2.27. The van der Waals surface area contributed by atoms with Gasteiger partial charge in [-0.2, -0.15) is 0 Å². The van der Waals surface area contributed by atoms with Crippen molar-refractivity contribution in [2.45, 2.75) is 19.1 Å². The summed E-state index contributed by atoms with van der Waals surface area (Å²) in [4.78, 5) is 0. The Morgan fingerprint density at radius 3 is 2.74 bits per heavy atom. The minimum atomic E-state index is -0.826. The molecule has 140 valence electrons. The van der Waals surface area contributed by atoms with Crippen LogP contribution in [0.15, 0.2) is 65.2 Å². The first kappa shape index (κ1) is 17.9. The predicted octanol–water partition coefficient (Wildman–Crippen LogP) is 3.55. The molecule has 1 aromatic heterocycles. The number of rotatable bonds is 7. The van der Waals surface area contributed by atoms with E-state index in [1.54, 1.807) is 0 Å². The molecule has 0 radical (unpaired) electrons. The van der Waals surface area contributed by atoms with Crippen LogP contribution in [0.2, 0.25) is 0 Å². The van der Waals surface area contributed by atoms with Gasteiger partial charge in [-0.25, -0.2) is 0 Å². The summed E-state index contributed by atoms with van der Waals surface area (Å²) in [6, 6.07) is 20.4. The van der Waals surface area contributed by atoms with Crippen molar-refractivity contribution in [2.75, 3.05) is 19.8 Å². The van der Waals surface area contributed by atoms with E-state index in [4.69, 9.17) is 9.26 Å². The maximum absolute atomic E-state index is 10.3. The first-order chi connectivity index (χ1) is 13.3. The smallest absolute Gasteiger partial charge is 0.151 e. The molecule has 5 nitrogen and oxygen atoms in total. The molecular formula is C22H24N2O3. The van der Waals surface area contributed by atoms with Crippen LogP contribution < -0.4 is 5.32 Å². The molecule has 2 atom stereocenters.